The van der Waals surface area contributed by atoms with Crippen molar-refractivity contribution in [3.8, 4) is 0 Å². The van der Waals surface area contributed by atoms with E-state index in [4.69, 9.17) is 11.6 Å². The van der Waals surface area contributed by atoms with Crippen LogP contribution in [0.5, 0.6) is 0 Å². The number of aromatic nitrogens is 1. The number of benzene rings is 1. The zero-order valence-corrected chi connectivity index (χ0v) is 13.4. The summed E-state index contributed by atoms with van der Waals surface area (Å²) in [5.74, 6) is 0. The lowest BCUT2D eigenvalue weighted by Gasteiger charge is -2.17. The second-order valence-corrected chi connectivity index (χ2v) is 6.42. The van der Waals surface area contributed by atoms with Crippen LogP contribution < -0.4 is 5.32 Å². The topological polar surface area (TPSA) is 24.9 Å². The fourth-order valence-corrected chi connectivity index (χ4v) is 3.45. The Morgan fingerprint density at radius 3 is 2.83 bits per heavy atom. The third-order valence-corrected chi connectivity index (χ3v) is 4.51. The van der Waals surface area contributed by atoms with Crippen LogP contribution >= 0.6 is 38.9 Å². The predicted octanol–water partition coefficient (Wildman–Crippen LogP) is 4.37. The highest BCUT2D eigenvalue weighted by atomic mass is 79.9. The van der Waals surface area contributed by atoms with Crippen LogP contribution in [0.1, 0.15) is 22.3 Å². The van der Waals surface area contributed by atoms with E-state index in [2.05, 4.69) is 31.6 Å². The molecule has 0 fully saturated rings. The number of likely N-dealkylation sites (N-methyl/N-ethyl adjacent to an activating group) is 1. The first kappa shape index (κ1) is 14.0. The Balaban J connectivity index is 2.22. The number of nitrogens with zero attached hydrogens (tertiary/aromatic N) is 1. The van der Waals surface area contributed by atoms with Crippen molar-refractivity contribution in [2.75, 3.05) is 7.05 Å². The van der Waals surface area contributed by atoms with Gasteiger partial charge in [0.25, 0.3) is 0 Å². The number of aryl methyl sites for hydroxylation is 1. The van der Waals surface area contributed by atoms with Gasteiger partial charge < -0.3 is 5.32 Å². The molecule has 1 aromatic carbocycles. The second kappa shape index (κ2) is 6.15. The minimum atomic E-state index is 0.234. The monoisotopic (exact) mass is 344 g/mol. The highest BCUT2D eigenvalue weighted by Crippen LogP contribution is 2.28. The van der Waals surface area contributed by atoms with E-state index >= 15 is 0 Å². The minimum Gasteiger partial charge on any atom is -0.313 e. The number of hydrogen-bond donors (Lipinski definition) is 1. The number of thiazole rings is 1. The summed E-state index contributed by atoms with van der Waals surface area (Å²) in [6, 6.07) is 6.12. The molecule has 1 atom stereocenters. The molecule has 1 unspecified atom stereocenters. The SMILES string of the molecule is CNC(Cc1csc(C)n1)c1ccc(Cl)cc1Br. The van der Waals surface area contributed by atoms with Crippen LogP contribution in [0.25, 0.3) is 0 Å². The van der Waals surface area contributed by atoms with Crippen LogP contribution in [0.4, 0.5) is 0 Å². The number of rotatable bonds is 4. The largest absolute Gasteiger partial charge is 0.313 e. The molecule has 0 aliphatic heterocycles. The number of hydrogen-bond acceptors (Lipinski definition) is 3. The van der Waals surface area contributed by atoms with E-state index in [0.717, 1.165) is 26.6 Å². The first-order valence-corrected chi connectivity index (χ1v) is 7.68. The van der Waals surface area contributed by atoms with Crippen molar-refractivity contribution in [3.63, 3.8) is 0 Å². The molecule has 0 aliphatic carbocycles. The standard InChI is InChI=1S/C13H14BrClN2S/c1-8-17-10(7-18-8)6-13(16-2)11-4-3-9(15)5-12(11)14/h3-5,7,13,16H,6H2,1-2H3. The molecule has 0 saturated carbocycles. The summed E-state index contributed by atoms with van der Waals surface area (Å²) in [7, 11) is 1.96. The van der Waals surface area contributed by atoms with E-state index in [9.17, 15) is 0 Å². The molecule has 5 heteroatoms. The van der Waals surface area contributed by atoms with Crippen LogP contribution in [0.15, 0.2) is 28.1 Å². The highest BCUT2D eigenvalue weighted by Gasteiger charge is 2.15. The molecule has 0 spiro atoms. The van der Waals surface area contributed by atoms with Gasteiger partial charge in [-0.25, -0.2) is 4.98 Å². The van der Waals surface area contributed by atoms with Crippen molar-refractivity contribution in [3.05, 3.63) is 49.3 Å². The lowest BCUT2D eigenvalue weighted by molar-refractivity contribution is 0.583. The molecular weight excluding hydrogens is 332 g/mol. The summed E-state index contributed by atoms with van der Waals surface area (Å²) < 4.78 is 1.03. The molecule has 0 bridgehead atoms. The maximum absolute atomic E-state index is 5.97. The van der Waals surface area contributed by atoms with Gasteiger partial charge in [-0.3, -0.25) is 0 Å². The fourth-order valence-electron chi connectivity index (χ4n) is 1.86. The van der Waals surface area contributed by atoms with Crippen molar-refractivity contribution in [2.45, 2.75) is 19.4 Å². The van der Waals surface area contributed by atoms with Gasteiger partial charge in [0.2, 0.25) is 0 Å². The molecule has 0 aliphatic rings. The molecule has 2 rings (SSSR count). The molecule has 0 radical (unpaired) electrons. The van der Waals surface area contributed by atoms with E-state index < -0.39 is 0 Å². The van der Waals surface area contributed by atoms with Gasteiger partial charge in [0.05, 0.1) is 10.7 Å². The van der Waals surface area contributed by atoms with Crippen molar-refractivity contribution in [2.24, 2.45) is 0 Å². The van der Waals surface area contributed by atoms with Gasteiger partial charge in [-0.05, 0) is 31.7 Å². The second-order valence-electron chi connectivity index (χ2n) is 4.07. The molecule has 0 amide bonds. The smallest absolute Gasteiger partial charge is 0.0897 e. The lowest BCUT2D eigenvalue weighted by Crippen LogP contribution is -2.19. The average molecular weight is 346 g/mol. The average Bonchev–Trinajstić information content (AvgIpc) is 2.72. The molecule has 0 saturated heterocycles. The lowest BCUT2D eigenvalue weighted by atomic mass is 10.0. The van der Waals surface area contributed by atoms with E-state index in [1.807, 2.05) is 32.2 Å². The van der Waals surface area contributed by atoms with Gasteiger partial charge in [0, 0.05) is 27.3 Å². The summed E-state index contributed by atoms with van der Waals surface area (Å²) in [6.07, 6.45) is 0.876. The first-order chi connectivity index (χ1) is 8.60. The molecule has 1 aromatic heterocycles. The summed E-state index contributed by atoms with van der Waals surface area (Å²) in [5, 5.41) is 7.29. The summed E-state index contributed by atoms with van der Waals surface area (Å²) in [6.45, 7) is 2.03. The Morgan fingerprint density at radius 2 is 2.28 bits per heavy atom. The molecule has 1 heterocycles. The first-order valence-electron chi connectivity index (χ1n) is 5.63. The van der Waals surface area contributed by atoms with Gasteiger partial charge in [-0.1, -0.05) is 33.6 Å². The Morgan fingerprint density at radius 1 is 1.50 bits per heavy atom. The molecule has 96 valence electrons. The van der Waals surface area contributed by atoms with Gasteiger partial charge in [0.15, 0.2) is 0 Å². The van der Waals surface area contributed by atoms with Crippen molar-refractivity contribution >= 4 is 38.9 Å². The van der Waals surface area contributed by atoms with Gasteiger partial charge in [-0.2, -0.15) is 0 Å². The molecule has 2 nitrogen and oxygen atoms in total. The Hall–Kier alpha value is -0.420. The molecule has 1 N–H and O–H groups in total. The fraction of sp³-hybridized carbons (Fsp3) is 0.308. The van der Waals surface area contributed by atoms with Crippen molar-refractivity contribution in [1.82, 2.24) is 10.3 Å². The molecular formula is C13H14BrClN2S. The zero-order chi connectivity index (χ0) is 13.1. The van der Waals surface area contributed by atoms with E-state index in [0.29, 0.717) is 0 Å². The molecule has 18 heavy (non-hydrogen) atoms. The van der Waals surface area contributed by atoms with Crippen LogP contribution in [0.2, 0.25) is 5.02 Å². The van der Waals surface area contributed by atoms with Crippen LogP contribution in [0, 0.1) is 6.92 Å². The normalized spacial score (nSPS) is 12.7. The number of halogens is 2. The van der Waals surface area contributed by atoms with E-state index in [-0.39, 0.29) is 6.04 Å². The van der Waals surface area contributed by atoms with Crippen LogP contribution in [-0.4, -0.2) is 12.0 Å². The summed E-state index contributed by atoms with van der Waals surface area (Å²) in [4.78, 5) is 4.51. The quantitative estimate of drug-likeness (QED) is 0.890. The van der Waals surface area contributed by atoms with E-state index in [1.165, 1.54) is 5.56 Å². The Kier molecular flexibility index (Phi) is 4.78. The predicted molar refractivity (Wildman–Crippen MR) is 81.5 cm³/mol. The van der Waals surface area contributed by atoms with Gasteiger partial charge in [0.1, 0.15) is 0 Å². The Bertz CT molecular complexity index is 542. The maximum Gasteiger partial charge on any atom is 0.0897 e. The third kappa shape index (κ3) is 3.32. The van der Waals surface area contributed by atoms with Crippen molar-refractivity contribution < 1.29 is 0 Å². The summed E-state index contributed by atoms with van der Waals surface area (Å²) in [5.41, 5.74) is 2.33. The third-order valence-electron chi connectivity index (χ3n) is 2.77. The Labute approximate surface area is 125 Å². The highest BCUT2D eigenvalue weighted by molar-refractivity contribution is 9.10. The van der Waals surface area contributed by atoms with E-state index in [1.54, 1.807) is 11.3 Å². The summed E-state index contributed by atoms with van der Waals surface area (Å²) >= 11 is 11.2. The molecule has 2 aromatic rings. The number of nitrogens with one attached hydrogen (secondary N) is 1. The maximum atomic E-state index is 5.97. The van der Waals surface area contributed by atoms with Crippen LogP contribution in [-0.2, 0) is 6.42 Å². The van der Waals surface area contributed by atoms with Crippen molar-refractivity contribution in [1.29, 1.82) is 0 Å². The van der Waals surface area contributed by atoms with Gasteiger partial charge >= 0.3 is 0 Å². The van der Waals surface area contributed by atoms with Crippen LogP contribution in [0.3, 0.4) is 0 Å². The zero-order valence-electron chi connectivity index (χ0n) is 10.2. The van der Waals surface area contributed by atoms with Gasteiger partial charge in [-0.15, -0.1) is 11.3 Å². The minimum absolute atomic E-state index is 0.234.